The Kier molecular flexibility index (Phi) is 5.38. The van der Waals surface area contributed by atoms with Gasteiger partial charge in [0.25, 0.3) is 0 Å². The maximum absolute atomic E-state index is 12.1. The van der Waals surface area contributed by atoms with Crippen LogP contribution >= 0.6 is 11.3 Å². The molecule has 1 aromatic heterocycles. The molecule has 0 aliphatic rings. The molecule has 0 saturated carbocycles. The average molecular weight is 346 g/mol. The Morgan fingerprint density at radius 3 is 2.50 bits per heavy atom. The van der Waals surface area contributed by atoms with Crippen molar-refractivity contribution in [2.24, 2.45) is 0 Å². The van der Waals surface area contributed by atoms with Crippen molar-refractivity contribution in [1.29, 1.82) is 0 Å². The molecule has 0 unspecified atom stereocenters. The Bertz CT molecular complexity index is 760. The van der Waals surface area contributed by atoms with Gasteiger partial charge in [0.05, 0.1) is 5.69 Å². The number of anilines is 1. The van der Waals surface area contributed by atoms with Gasteiger partial charge in [0.15, 0.2) is 5.13 Å². The summed E-state index contributed by atoms with van der Waals surface area (Å²) in [5, 5.41) is 6.08. The third kappa shape index (κ3) is 4.52. The highest BCUT2D eigenvalue weighted by molar-refractivity contribution is 7.14. The fourth-order valence-corrected chi connectivity index (χ4v) is 3.00. The number of hydrogen-bond acceptors (Lipinski definition) is 4. The van der Waals surface area contributed by atoms with Crippen molar-refractivity contribution in [2.75, 3.05) is 11.9 Å². The van der Waals surface area contributed by atoms with Crippen LogP contribution in [0.4, 0.5) is 13.9 Å². The third-order valence-electron chi connectivity index (χ3n) is 3.41. The lowest BCUT2D eigenvalue weighted by Crippen LogP contribution is -2.04. The van der Waals surface area contributed by atoms with Crippen LogP contribution in [-0.4, -0.2) is 18.1 Å². The maximum atomic E-state index is 12.1. The fraction of sp³-hybridized carbons (Fsp3) is 0.167. The molecule has 0 amide bonds. The van der Waals surface area contributed by atoms with Crippen LogP contribution in [0, 0.1) is 0 Å². The Labute approximate surface area is 142 Å². The first-order valence-corrected chi connectivity index (χ1v) is 8.37. The summed E-state index contributed by atoms with van der Waals surface area (Å²) in [5.41, 5.74) is 2.95. The van der Waals surface area contributed by atoms with Gasteiger partial charge in [0.1, 0.15) is 5.75 Å². The van der Waals surface area contributed by atoms with E-state index in [0.717, 1.165) is 29.4 Å². The smallest absolute Gasteiger partial charge is 0.387 e. The molecule has 1 heterocycles. The number of aromatic nitrogens is 1. The van der Waals surface area contributed by atoms with Crippen molar-refractivity contribution in [1.82, 2.24) is 4.98 Å². The standard InChI is InChI=1S/C18H16F2N2OS/c19-17(20)23-15-8-6-14(7-9-15)16-12-24-18(22-16)21-11-10-13-4-2-1-3-5-13/h1-9,12,17H,10-11H2,(H,21,22). The quantitative estimate of drug-likeness (QED) is 0.649. The van der Waals surface area contributed by atoms with Gasteiger partial charge in [-0.3, -0.25) is 0 Å². The highest BCUT2D eigenvalue weighted by Gasteiger charge is 2.07. The number of thiazole rings is 1. The number of alkyl halides is 2. The van der Waals surface area contributed by atoms with Gasteiger partial charge in [0.2, 0.25) is 0 Å². The normalized spacial score (nSPS) is 10.8. The molecule has 3 aromatic rings. The van der Waals surface area contributed by atoms with Gasteiger partial charge >= 0.3 is 6.61 Å². The van der Waals surface area contributed by atoms with E-state index in [1.54, 1.807) is 12.1 Å². The molecule has 0 bridgehead atoms. The van der Waals surface area contributed by atoms with Gasteiger partial charge in [-0.1, -0.05) is 30.3 Å². The van der Waals surface area contributed by atoms with Crippen LogP contribution in [0.5, 0.6) is 5.75 Å². The van der Waals surface area contributed by atoms with Crippen molar-refractivity contribution in [3.05, 3.63) is 65.5 Å². The first-order valence-electron chi connectivity index (χ1n) is 7.49. The van der Waals surface area contributed by atoms with Crippen LogP contribution in [-0.2, 0) is 6.42 Å². The summed E-state index contributed by atoms with van der Waals surface area (Å²) in [4.78, 5) is 4.52. The third-order valence-corrected chi connectivity index (χ3v) is 4.21. The summed E-state index contributed by atoms with van der Waals surface area (Å²) in [6.45, 7) is -2.01. The SMILES string of the molecule is FC(F)Oc1ccc(-c2csc(NCCc3ccccc3)n2)cc1. The lowest BCUT2D eigenvalue weighted by molar-refractivity contribution is -0.0498. The van der Waals surface area contributed by atoms with Crippen LogP contribution in [0.25, 0.3) is 11.3 Å². The zero-order valence-electron chi connectivity index (χ0n) is 12.8. The monoisotopic (exact) mass is 346 g/mol. The molecule has 0 atom stereocenters. The van der Waals surface area contributed by atoms with E-state index in [-0.39, 0.29) is 5.75 Å². The predicted octanol–water partition coefficient (Wildman–Crippen LogP) is 5.07. The first-order chi connectivity index (χ1) is 11.7. The summed E-state index contributed by atoms with van der Waals surface area (Å²) < 4.78 is 28.6. The van der Waals surface area contributed by atoms with Crippen molar-refractivity contribution >= 4 is 16.5 Å². The van der Waals surface area contributed by atoms with Crippen molar-refractivity contribution in [3.63, 3.8) is 0 Å². The van der Waals surface area contributed by atoms with Crippen LogP contribution < -0.4 is 10.1 Å². The van der Waals surface area contributed by atoms with E-state index < -0.39 is 6.61 Å². The topological polar surface area (TPSA) is 34.1 Å². The molecule has 6 heteroatoms. The van der Waals surface area contributed by atoms with E-state index in [1.807, 2.05) is 23.6 Å². The maximum Gasteiger partial charge on any atom is 0.387 e. The minimum absolute atomic E-state index is 0.144. The number of nitrogens with zero attached hydrogens (tertiary/aromatic N) is 1. The van der Waals surface area contributed by atoms with E-state index >= 15 is 0 Å². The van der Waals surface area contributed by atoms with Gasteiger partial charge in [-0.15, -0.1) is 11.3 Å². The van der Waals surface area contributed by atoms with Gasteiger partial charge in [0, 0.05) is 17.5 Å². The zero-order chi connectivity index (χ0) is 16.8. The van der Waals surface area contributed by atoms with Crippen molar-refractivity contribution in [3.8, 4) is 17.0 Å². The number of nitrogens with one attached hydrogen (secondary N) is 1. The number of rotatable bonds is 7. The Hall–Kier alpha value is -2.47. The average Bonchev–Trinajstić information content (AvgIpc) is 3.05. The van der Waals surface area contributed by atoms with Gasteiger partial charge in [-0.25, -0.2) is 4.98 Å². The second kappa shape index (κ2) is 7.88. The fourth-order valence-electron chi connectivity index (χ4n) is 2.25. The largest absolute Gasteiger partial charge is 0.435 e. The summed E-state index contributed by atoms with van der Waals surface area (Å²) in [7, 11) is 0. The molecule has 0 aliphatic heterocycles. The molecule has 24 heavy (non-hydrogen) atoms. The lowest BCUT2D eigenvalue weighted by atomic mass is 10.1. The Morgan fingerprint density at radius 2 is 1.79 bits per heavy atom. The number of halogens is 2. The first kappa shape index (κ1) is 16.4. The number of hydrogen-bond donors (Lipinski definition) is 1. The zero-order valence-corrected chi connectivity index (χ0v) is 13.6. The van der Waals surface area contributed by atoms with Gasteiger partial charge in [-0.05, 0) is 36.2 Å². The van der Waals surface area contributed by atoms with Gasteiger partial charge < -0.3 is 10.1 Å². The molecule has 124 valence electrons. The van der Waals surface area contributed by atoms with E-state index in [1.165, 1.54) is 29.0 Å². The molecule has 3 nitrogen and oxygen atoms in total. The Balaban J connectivity index is 1.57. The van der Waals surface area contributed by atoms with Crippen LogP contribution in [0.2, 0.25) is 0 Å². The minimum Gasteiger partial charge on any atom is -0.435 e. The van der Waals surface area contributed by atoms with Gasteiger partial charge in [-0.2, -0.15) is 8.78 Å². The highest BCUT2D eigenvalue weighted by atomic mass is 32.1. The van der Waals surface area contributed by atoms with Crippen molar-refractivity contribution < 1.29 is 13.5 Å². The number of benzene rings is 2. The molecule has 3 rings (SSSR count). The molecule has 0 aliphatic carbocycles. The molecular formula is C18H16F2N2OS. The van der Waals surface area contributed by atoms with E-state index in [0.29, 0.717) is 0 Å². The van der Waals surface area contributed by atoms with E-state index in [9.17, 15) is 8.78 Å². The second-order valence-corrected chi connectivity index (χ2v) is 5.96. The molecule has 0 saturated heterocycles. The van der Waals surface area contributed by atoms with Crippen LogP contribution in [0.15, 0.2) is 60.0 Å². The van der Waals surface area contributed by atoms with Crippen LogP contribution in [0.3, 0.4) is 0 Å². The Morgan fingerprint density at radius 1 is 1.04 bits per heavy atom. The summed E-state index contributed by atoms with van der Waals surface area (Å²) >= 11 is 1.52. The van der Waals surface area contributed by atoms with E-state index in [2.05, 4.69) is 27.2 Å². The molecule has 0 spiro atoms. The van der Waals surface area contributed by atoms with E-state index in [4.69, 9.17) is 0 Å². The molecule has 0 fully saturated rings. The summed E-state index contributed by atoms with van der Waals surface area (Å²) in [5.74, 6) is 0.144. The predicted molar refractivity (Wildman–Crippen MR) is 92.8 cm³/mol. The molecular weight excluding hydrogens is 330 g/mol. The summed E-state index contributed by atoms with van der Waals surface area (Å²) in [6.07, 6.45) is 0.926. The van der Waals surface area contributed by atoms with Crippen molar-refractivity contribution in [2.45, 2.75) is 13.0 Å². The molecule has 0 radical (unpaired) electrons. The second-order valence-electron chi connectivity index (χ2n) is 5.10. The molecule has 1 N–H and O–H groups in total. The van der Waals surface area contributed by atoms with Crippen LogP contribution in [0.1, 0.15) is 5.56 Å². The lowest BCUT2D eigenvalue weighted by Gasteiger charge is -2.04. The number of ether oxygens (including phenoxy) is 1. The highest BCUT2D eigenvalue weighted by Crippen LogP contribution is 2.26. The molecule has 2 aromatic carbocycles. The minimum atomic E-state index is -2.81. The summed E-state index contributed by atoms with van der Waals surface area (Å²) in [6, 6.07) is 16.7.